The van der Waals surface area contributed by atoms with Gasteiger partial charge in [0.05, 0.1) is 0 Å². The molecule has 45 heavy (non-hydrogen) atoms. The number of rotatable bonds is 14. The molecule has 236 valence electrons. The van der Waals surface area contributed by atoms with Gasteiger partial charge in [-0.1, -0.05) is 124 Å². The van der Waals surface area contributed by atoms with Crippen LogP contribution in [0.15, 0.2) is 97.1 Å². The van der Waals surface area contributed by atoms with Crippen LogP contribution in [-0.2, 0) is 35.9 Å². The fourth-order valence-electron chi connectivity index (χ4n) is 7.46. The van der Waals surface area contributed by atoms with Crippen molar-refractivity contribution in [2.75, 3.05) is 26.2 Å². The number of likely N-dealkylation sites (tertiary alicyclic amines) is 1. The number of carbonyl (C=O) groups excluding carboxylic acids is 1. The minimum absolute atomic E-state index is 0.121. The monoisotopic (exact) mass is 600 g/mol. The maximum Gasteiger partial charge on any atom is 0.235 e. The van der Waals surface area contributed by atoms with E-state index >= 15 is 0 Å². The number of amides is 1. The van der Waals surface area contributed by atoms with E-state index in [0.29, 0.717) is 6.54 Å². The summed E-state index contributed by atoms with van der Waals surface area (Å²) in [6.07, 6.45) is 7.41. The van der Waals surface area contributed by atoms with Gasteiger partial charge in [0.15, 0.2) is 0 Å². The summed E-state index contributed by atoms with van der Waals surface area (Å²) in [5, 5.41) is 3.45. The van der Waals surface area contributed by atoms with Crippen molar-refractivity contribution in [3.05, 3.63) is 142 Å². The molecule has 0 saturated carbocycles. The molecule has 1 N–H and O–H groups in total. The summed E-state index contributed by atoms with van der Waals surface area (Å²) in [6, 6.07) is 34.9. The fourth-order valence-corrected chi connectivity index (χ4v) is 7.46. The molecule has 0 unspecified atom stereocenters. The molecule has 1 fully saturated rings. The molecule has 3 nitrogen and oxygen atoms in total. The Bertz CT molecular complexity index is 1490. The molecule has 1 saturated heterocycles. The Kier molecular flexibility index (Phi) is 11.3. The van der Waals surface area contributed by atoms with Gasteiger partial charge >= 0.3 is 0 Å². The molecular formula is C42H52N2O. The summed E-state index contributed by atoms with van der Waals surface area (Å²) in [4.78, 5) is 17.3. The lowest BCUT2D eigenvalue weighted by Gasteiger charge is -2.39. The highest BCUT2D eigenvalue weighted by Gasteiger charge is 2.50. The average molecular weight is 601 g/mol. The summed E-state index contributed by atoms with van der Waals surface area (Å²) in [5.41, 5.74) is 9.77. The molecule has 3 heteroatoms. The molecule has 4 aromatic rings. The molecule has 1 aliphatic rings. The lowest BCUT2D eigenvalue weighted by atomic mass is 9.64. The van der Waals surface area contributed by atoms with E-state index in [0.717, 1.165) is 69.3 Å². The number of hydrogen-bond donors (Lipinski definition) is 1. The number of nitrogens with one attached hydrogen (secondary N) is 1. The van der Waals surface area contributed by atoms with Crippen LogP contribution in [0.4, 0.5) is 0 Å². The Morgan fingerprint density at radius 1 is 0.733 bits per heavy atom. The van der Waals surface area contributed by atoms with Crippen molar-refractivity contribution in [3.8, 4) is 0 Å². The Hall–Kier alpha value is -3.69. The molecule has 0 radical (unpaired) electrons. The SMILES string of the molecule is CCCc1cc(CCNC(=O)C(c2ccccc2)(c2ccccc2)[C@@H]2CCN(CCc3ccc(C)c(CCC)c3)C2)ccc1C. The predicted molar refractivity (Wildman–Crippen MR) is 189 cm³/mol. The number of aryl methyl sites for hydroxylation is 4. The third kappa shape index (κ3) is 7.59. The number of carbonyl (C=O) groups is 1. The van der Waals surface area contributed by atoms with Crippen LogP contribution in [0.2, 0.25) is 0 Å². The first-order valence-electron chi connectivity index (χ1n) is 17.2. The summed E-state index contributed by atoms with van der Waals surface area (Å²) in [7, 11) is 0. The van der Waals surface area contributed by atoms with Gasteiger partial charge in [0.2, 0.25) is 5.91 Å². The molecule has 1 heterocycles. The standard InChI is InChI=1S/C42H52N2O/c1-5-13-36-29-34(21-19-32(36)3)23-26-43-41(45)42(38-15-9-7-10-16-38,39-17-11-8-12-18-39)40-25-28-44(31-40)27-24-35-22-20-33(4)37(30-35)14-6-2/h7-12,15-22,29-30,40H,5-6,13-14,23-28,31H2,1-4H3,(H,43,45)/t40-/m1/s1. The van der Waals surface area contributed by atoms with E-state index in [1.54, 1.807) is 0 Å². The predicted octanol–water partition coefficient (Wildman–Crippen LogP) is 8.42. The van der Waals surface area contributed by atoms with E-state index in [9.17, 15) is 4.79 Å². The first kappa shape index (κ1) is 32.7. The first-order valence-corrected chi connectivity index (χ1v) is 17.2. The molecule has 0 aliphatic carbocycles. The number of nitrogens with zero attached hydrogens (tertiary/aromatic N) is 1. The zero-order valence-corrected chi connectivity index (χ0v) is 27.9. The maximum absolute atomic E-state index is 14.8. The molecule has 0 spiro atoms. The lowest BCUT2D eigenvalue weighted by molar-refractivity contribution is -0.127. The van der Waals surface area contributed by atoms with Crippen molar-refractivity contribution in [2.24, 2.45) is 5.92 Å². The topological polar surface area (TPSA) is 32.3 Å². The van der Waals surface area contributed by atoms with E-state index in [4.69, 9.17) is 0 Å². The van der Waals surface area contributed by atoms with Crippen LogP contribution in [-0.4, -0.2) is 37.0 Å². The number of hydrogen-bond acceptors (Lipinski definition) is 2. The summed E-state index contributed by atoms with van der Waals surface area (Å²) in [5.74, 6) is 0.293. The van der Waals surface area contributed by atoms with Crippen LogP contribution in [0.3, 0.4) is 0 Å². The van der Waals surface area contributed by atoms with Gasteiger partial charge in [-0.05, 0) is 103 Å². The van der Waals surface area contributed by atoms with Crippen LogP contribution in [0, 0.1) is 19.8 Å². The first-order chi connectivity index (χ1) is 21.9. The highest BCUT2D eigenvalue weighted by Crippen LogP contribution is 2.44. The quantitative estimate of drug-likeness (QED) is 0.158. The average Bonchev–Trinajstić information content (AvgIpc) is 3.54. The molecule has 1 atom stereocenters. The third-order valence-electron chi connectivity index (χ3n) is 9.98. The highest BCUT2D eigenvalue weighted by atomic mass is 16.2. The fraction of sp³-hybridized carbons (Fsp3) is 0.405. The number of benzene rings is 4. The van der Waals surface area contributed by atoms with Gasteiger partial charge in [0, 0.05) is 19.6 Å². The molecule has 0 bridgehead atoms. The van der Waals surface area contributed by atoms with E-state index in [1.165, 1.54) is 39.8 Å². The van der Waals surface area contributed by atoms with E-state index in [2.05, 4.69) is 135 Å². The summed E-state index contributed by atoms with van der Waals surface area (Å²) < 4.78 is 0. The van der Waals surface area contributed by atoms with Crippen molar-refractivity contribution in [2.45, 2.75) is 78.1 Å². The largest absolute Gasteiger partial charge is 0.355 e. The van der Waals surface area contributed by atoms with Crippen molar-refractivity contribution >= 4 is 5.91 Å². The van der Waals surface area contributed by atoms with Crippen molar-refractivity contribution in [1.29, 1.82) is 0 Å². The third-order valence-corrected chi connectivity index (χ3v) is 9.98. The molecular weight excluding hydrogens is 548 g/mol. The summed E-state index contributed by atoms with van der Waals surface area (Å²) in [6.45, 7) is 12.5. The Balaban J connectivity index is 1.38. The van der Waals surface area contributed by atoms with E-state index < -0.39 is 5.41 Å². The van der Waals surface area contributed by atoms with Gasteiger partial charge < -0.3 is 10.2 Å². The molecule has 1 amide bonds. The smallest absolute Gasteiger partial charge is 0.235 e. The Morgan fingerprint density at radius 2 is 1.27 bits per heavy atom. The van der Waals surface area contributed by atoms with Gasteiger partial charge in [-0.15, -0.1) is 0 Å². The van der Waals surface area contributed by atoms with Gasteiger partial charge in [0.25, 0.3) is 0 Å². The zero-order chi connectivity index (χ0) is 31.6. The second-order valence-electron chi connectivity index (χ2n) is 13.1. The second-order valence-corrected chi connectivity index (χ2v) is 13.1. The molecule has 1 aliphatic heterocycles. The van der Waals surface area contributed by atoms with Crippen LogP contribution in [0.5, 0.6) is 0 Å². The van der Waals surface area contributed by atoms with Crippen molar-refractivity contribution in [1.82, 2.24) is 10.2 Å². The van der Waals surface area contributed by atoms with Crippen molar-refractivity contribution < 1.29 is 4.79 Å². The van der Waals surface area contributed by atoms with Gasteiger partial charge in [-0.25, -0.2) is 0 Å². The second kappa shape index (κ2) is 15.5. The Labute approximate surface area is 272 Å². The Morgan fingerprint density at radius 3 is 1.80 bits per heavy atom. The highest BCUT2D eigenvalue weighted by molar-refractivity contribution is 5.92. The van der Waals surface area contributed by atoms with Gasteiger partial charge in [-0.2, -0.15) is 0 Å². The minimum Gasteiger partial charge on any atom is -0.355 e. The minimum atomic E-state index is -0.754. The molecule has 5 rings (SSSR count). The normalized spacial score (nSPS) is 15.3. The summed E-state index contributed by atoms with van der Waals surface area (Å²) >= 11 is 0. The van der Waals surface area contributed by atoms with Gasteiger partial charge in [0.1, 0.15) is 5.41 Å². The lowest BCUT2D eigenvalue weighted by Crippen LogP contribution is -2.51. The molecule has 4 aromatic carbocycles. The van der Waals surface area contributed by atoms with Crippen LogP contribution in [0.1, 0.15) is 77.6 Å². The van der Waals surface area contributed by atoms with Crippen LogP contribution < -0.4 is 5.32 Å². The van der Waals surface area contributed by atoms with E-state index in [1.807, 2.05) is 0 Å². The van der Waals surface area contributed by atoms with E-state index in [-0.39, 0.29) is 11.8 Å². The van der Waals surface area contributed by atoms with Crippen LogP contribution in [0.25, 0.3) is 0 Å². The van der Waals surface area contributed by atoms with Crippen molar-refractivity contribution in [3.63, 3.8) is 0 Å². The van der Waals surface area contributed by atoms with Crippen LogP contribution >= 0.6 is 0 Å². The molecule has 0 aromatic heterocycles. The zero-order valence-electron chi connectivity index (χ0n) is 27.9. The van der Waals surface area contributed by atoms with Gasteiger partial charge in [-0.3, -0.25) is 4.79 Å². The maximum atomic E-state index is 14.8.